The van der Waals surface area contributed by atoms with Crippen molar-refractivity contribution in [3.63, 3.8) is 0 Å². The highest BCUT2D eigenvalue weighted by Gasteiger charge is 2.48. The predicted molar refractivity (Wildman–Crippen MR) is 75.5 cm³/mol. The van der Waals surface area contributed by atoms with E-state index >= 15 is 0 Å². The van der Waals surface area contributed by atoms with E-state index in [1.54, 1.807) is 12.1 Å². The highest BCUT2D eigenvalue weighted by atomic mass is 32.2. The van der Waals surface area contributed by atoms with Gasteiger partial charge < -0.3 is 0 Å². The molecule has 1 aliphatic heterocycles. The third kappa shape index (κ3) is 3.10. The van der Waals surface area contributed by atoms with Gasteiger partial charge in [0.25, 0.3) is 10.0 Å². The Labute approximate surface area is 131 Å². The zero-order chi connectivity index (χ0) is 16.8. The zero-order valence-electron chi connectivity index (χ0n) is 11.9. The topological polar surface area (TPSA) is 49.7 Å². The van der Waals surface area contributed by atoms with Crippen LogP contribution in [0.2, 0.25) is 0 Å². The Morgan fingerprint density at radius 1 is 1.00 bits per heavy atom. The Hall–Kier alpha value is -1.90. The molecule has 122 valence electrons. The summed E-state index contributed by atoms with van der Waals surface area (Å²) in [5.74, 6) is 0. The first-order valence-corrected chi connectivity index (χ1v) is 8.08. The average Bonchev–Trinajstić information content (AvgIpc) is 3.28. The molecule has 2 atom stereocenters. The summed E-state index contributed by atoms with van der Waals surface area (Å²) < 4.78 is 63.0. The van der Waals surface area contributed by atoms with Crippen LogP contribution in [0.3, 0.4) is 0 Å². The number of halogens is 3. The van der Waals surface area contributed by atoms with Crippen LogP contribution in [0.5, 0.6) is 0 Å². The van der Waals surface area contributed by atoms with Crippen molar-refractivity contribution in [1.82, 2.24) is 4.47 Å². The summed E-state index contributed by atoms with van der Waals surface area (Å²) in [6.45, 7) is 1.83. The van der Waals surface area contributed by atoms with E-state index in [1.165, 1.54) is 24.3 Å². The van der Waals surface area contributed by atoms with Gasteiger partial charge >= 0.3 is 6.18 Å². The van der Waals surface area contributed by atoms with Crippen LogP contribution < -0.4 is 0 Å². The van der Waals surface area contributed by atoms with Crippen molar-refractivity contribution < 1.29 is 26.4 Å². The molecule has 1 fully saturated rings. The number of aryl methyl sites for hydroxylation is 1. The van der Waals surface area contributed by atoms with Gasteiger partial charge in [0, 0.05) is 5.56 Å². The molecule has 4 nitrogen and oxygen atoms in total. The standard InChI is InChI=1S/C15H12F3NO3S/c1-10-2-8-13(9-3-10)23(20,21)19-14(22-19)11-4-6-12(7-5-11)15(16,17)18/h2-9,14H,1H3. The van der Waals surface area contributed by atoms with E-state index in [0.29, 0.717) is 5.56 Å². The van der Waals surface area contributed by atoms with Crippen molar-refractivity contribution in [1.29, 1.82) is 0 Å². The second kappa shape index (κ2) is 5.33. The Morgan fingerprint density at radius 3 is 2.09 bits per heavy atom. The number of rotatable bonds is 3. The molecule has 1 saturated heterocycles. The molecule has 23 heavy (non-hydrogen) atoms. The van der Waals surface area contributed by atoms with Gasteiger partial charge in [0.1, 0.15) is 0 Å². The molecule has 2 unspecified atom stereocenters. The number of hydrogen-bond donors (Lipinski definition) is 0. The first kappa shape index (κ1) is 16.0. The lowest BCUT2D eigenvalue weighted by molar-refractivity contribution is -0.137. The molecule has 0 radical (unpaired) electrons. The normalized spacial score (nSPS) is 21.2. The van der Waals surface area contributed by atoms with E-state index in [2.05, 4.69) is 0 Å². The van der Waals surface area contributed by atoms with Crippen LogP contribution in [0, 0.1) is 6.92 Å². The summed E-state index contributed by atoms with van der Waals surface area (Å²) >= 11 is 0. The van der Waals surface area contributed by atoms with Gasteiger partial charge in [0.05, 0.1) is 10.5 Å². The number of hydroxylamine groups is 1. The molecular weight excluding hydrogens is 331 g/mol. The molecule has 3 rings (SSSR count). The van der Waals surface area contributed by atoms with Gasteiger partial charge in [-0.05, 0) is 35.7 Å². The van der Waals surface area contributed by atoms with Gasteiger partial charge in [0.2, 0.25) is 0 Å². The van der Waals surface area contributed by atoms with Crippen molar-refractivity contribution in [2.75, 3.05) is 0 Å². The molecular formula is C15H12F3NO3S. The summed E-state index contributed by atoms with van der Waals surface area (Å²) in [4.78, 5) is 5.11. The van der Waals surface area contributed by atoms with E-state index < -0.39 is 28.0 Å². The van der Waals surface area contributed by atoms with Gasteiger partial charge in [-0.1, -0.05) is 29.8 Å². The fourth-order valence-electron chi connectivity index (χ4n) is 2.09. The fourth-order valence-corrected chi connectivity index (χ4v) is 3.34. The van der Waals surface area contributed by atoms with Crippen LogP contribution in [-0.2, 0) is 21.0 Å². The van der Waals surface area contributed by atoms with Crippen molar-refractivity contribution in [3.8, 4) is 0 Å². The van der Waals surface area contributed by atoms with Gasteiger partial charge in [-0.3, -0.25) is 4.84 Å². The molecule has 0 aliphatic carbocycles. The van der Waals surface area contributed by atoms with Crippen molar-refractivity contribution in [3.05, 3.63) is 65.2 Å². The highest BCUT2D eigenvalue weighted by molar-refractivity contribution is 7.89. The second-order valence-electron chi connectivity index (χ2n) is 5.15. The fraction of sp³-hybridized carbons (Fsp3) is 0.200. The Balaban J connectivity index is 1.80. The minimum atomic E-state index is -4.43. The largest absolute Gasteiger partial charge is 0.416 e. The molecule has 1 aliphatic rings. The molecule has 2 aromatic rings. The van der Waals surface area contributed by atoms with Crippen molar-refractivity contribution in [2.45, 2.75) is 24.2 Å². The minimum absolute atomic E-state index is 0.0671. The number of benzene rings is 2. The first-order chi connectivity index (χ1) is 10.7. The molecule has 2 aromatic carbocycles. The van der Waals surface area contributed by atoms with Crippen LogP contribution in [0.25, 0.3) is 0 Å². The Kier molecular flexibility index (Phi) is 3.70. The number of sulfonamides is 1. The van der Waals surface area contributed by atoms with E-state index in [9.17, 15) is 21.6 Å². The lowest BCUT2D eigenvalue weighted by Crippen LogP contribution is -2.12. The van der Waals surface area contributed by atoms with Crippen LogP contribution >= 0.6 is 0 Å². The van der Waals surface area contributed by atoms with E-state index in [-0.39, 0.29) is 4.90 Å². The lowest BCUT2D eigenvalue weighted by atomic mass is 10.1. The van der Waals surface area contributed by atoms with Crippen molar-refractivity contribution in [2.24, 2.45) is 0 Å². The van der Waals surface area contributed by atoms with Gasteiger partial charge in [0.15, 0.2) is 6.23 Å². The molecule has 1 heterocycles. The third-order valence-electron chi connectivity index (χ3n) is 3.43. The SMILES string of the molecule is Cc1ccc(S(=O)(=O)N2OC2c2ccc(C(F)(F)F)cc2)cc1. The summed E-state index contributed by atoms with van der Waals surface area (Å²) in [5.41, 5.74) is 0.457. The smallest absolute Gasteiger partial charge is 0.253 e. The highest BCUT2D eigenvalue weighted by Crippen LogP contribution is 2.42. The monoisotopic (exact) mass is 343 g/mol. The Morgan fingerprint density at radius 2 is 1.57 bits per heavy atom. The maximum Gasteiger partial charge on any atom is 0.416 e. The maximum absolute atomic E-state index is 12.5. The predicted octanol–water partition coefficient (Wildman–Crippen LogP) is 3.65. The van der Waals surface area contributed by atoms with E-state index in [4.69, 9.17) is 4.84 Å². The van der Waals surface area contributed by atoms with Crippen LogP contribution in [0.4, 0.5) is 13.2 Å². The van der Waals surface area contributed by atoms with Crippen LogP contribution in [0.1, 0.15) is 22.9 Å². The number of hydrogen-bond acceptors (Lipinski definition) is 3. The number of nitrogens with zero attached hydrogens (tertiary/aromatic N) is 1. The first-order valence-electron chi connectivity index (χ1n) is 6.64. The molecule has 8 heteroatoms. The molecule has 0 spiro atoms. The summed E-state index contributed by atoms with van der Waals surface area (Å²) in [5, 5.41) is 0. The molecule has 0 N–H and O–H groups in total. The molecule has 0 saturated carbocycles. The quantitative estimate of drug-likeness (QED) is 0.800. The number of alkyl halides is 3. The average molecular weight is 343 g/mol. The molecule has 0 aromatic heterocycles. The van der Waals surface area contributed by atoms with Gasteiger partial charge in [-0.2, -0.15) is 13.2 Å². The zero-order valence-corrected chi connectivity index (χ0v) is 12.7. The van der Waals surface area contributed by atoms with Crippen LogP contribution in [0.15, 0.2) is 53.4 Å². The molecule has 0 amide bonds. The summed E-state index contributed by atoms with van der Waals surface area (Å²) in [7, 11) is -3.83. The maximum atomic E-state index is 12.5. The van der Waals surface area contributed by atoms with Gasteiger partial charge in [-0.15, -0.1) is 0 Å². The Bertz CT molecular complexity index is 815. The minimum Gasteiger partial charge on any atom is -0.253 e. The van der Waals surface area contributed by atoms with Gasteiger partial charge in [-0.25, -0.2) is 8.42 Å². The second-order valence-corrected chi connectivity index (χ2v) is 6.93. The lowest BCUT2D eigenvalue weighted by Gasteiger charge is -2.06. The third-order valence-corrected chi connectivity index (χ3v) is 5.05. The summed E-state index contributed by atoms with van der Waals surface area (Å²) in [6.07, 6.45) is -5.33. The van der Waals surface area contributed by atoms with E-state index in [0.717, 1.165) is 22.2 Å². The van der Waals surface area contributed by atoms with E-state index in [1.807, 2.05) is 6.92 Å². The molecule has 0 bridgehead atoms. The summed E-state index contributed by atoms with van der Waals surface area (Å²) in [6, 6.07) is 10.4. The van der Waals surface area contributed by atoms with Crippen molar-refractivity contribution >= 4 is 10.0 Å². The van der Waals surface area contributed by atoms with Crippen LogP contribution in [-0.4, -0.2) is 12.9 Å².